The summed E-state index contributed by atoms with van der Waals surface area (Å²) in [5, 5.41) is 22.0. The number of thiophene rings is 2. The third kappa shape index (κ3) is 5.46. The summed E-state index contributed by atoms with van der Waals surface area (Å²) in [4.78, 5) is 6.10. The van der Waals surface area contributed by atoms with Crippen molar-refractivity contribution >= 4 is 61.0 Å². The van der Waals surface area contributed by atoms with E-state index in [4.69, 9.17) is 0 Å². The Labute approximate surface area is 253 Å². The minimum absolute atomic E-state index is 0.0914. The van der Waals surface area contributed by atoms with Crippen molar-refractivity contribution in [3.63, 3.8) is 0 Å². The Morgan fingerprint density at radius 3 is 1.02 bits per heavy atom. The van der Waals surface area contributed by atoms with E-state index < -0.39 is 0 Å². The van der Waals surface area contributed by atoms with Gasteiger partial charge in [-0.15, -0.1) is 22.7 Å². The van der Waals surface area contributed by atoms with E-state index in [1.54, 1.807) is 22.7 Å². The summed E-state index contributed by atoms with van der Waals surface area (Å²) in [6.45, 7) is 0. The molecule has 0 unspecified atom stereocenters. The van der Waals surface area contributed by atoms with Crippen LogP contribution >= 0.6 is 22.7 Å². The van der Waals surface area contributed by atoms with Crippen LogP contribution in [-0.2, 0) is 0 Å². The van der Waals surface area contributed by atoms with Crippen molar-refractivity contribution < 1.29 is 0 Å². The van der Waals surface area contributed by atoms with E-state index >= 15 is 0 Å². The molecule has 4 nitrogen and oxygen atoms in total. The average Bonchev–Trinajstić information content (AvgIpc) is 3.73. The third-order valence-corrected chi connectivity index (χ3v) is 8.82. The molecule has 2 heterocycles. The predicted octanol–water partition coefficient (Wildman–Crippen LogP) is 10.6. The van der Waals surface area contributed by atoms with Gasteiger partial charge in [0.1, 0.15) is 27.7 Å². The highest BCUT2D eigenvalue weighted by atomic mass is 32.1. The van der Waals surface area contributed by atoms with Crippen LogP contribution in [-0.4, -0.2) is 0 Å². The number of rotatable bonds is 8. The molecule has 0 aliphatic rings. The Bertz CT molecular complexity index is 1680. The van der Waals surface area contributed by atoms with Gasteiger partial charge in [0, 0.05) is 38.1 Å². The topological polar surface area (TPSA) is 54.1 Å². The highest BCUT2D eigenvalue weighted by Gasteiger charge is 2.22. The standard InChI is InChI=1S/C36H24N4S2/c37-25-27(26-38)36(32-21-23-34(41-32)39(28-13-5-1-6-14-28)29-15-7-2-8-16-29)33-22-24-35(42-33)40(30-17-9-3-10-18-30)31-19-11-4-12-20-31/h1-24H. The molecule has 0 spiro atoms. The fraction of sp³-hybridized carbons (Fsp3) is 0. The molecular weight excluding hydrogens is 553 g/mol. The molecule has 0 atom stereocenters. The van der Waals surface area contributed by atoms with Gasteiger partial charge in [-0.3, -0.25) is 0 Å². The van der Waals surface area contributed by atoms with E-state index in [1.165, 1.54) is 0 Å². The van der Waals surface area contributed by atoms with Gasteiger partial charge in [-0.2, -0.15) is 10.5 Å². The highest BCUT2D eigenvalue weighted by Crippen LogP contribution is 2.46. The van der Waals surface area contributed by atoms with Crippen LogP contribution < -0.4 is 9.80 Å². The zero-order valence-electron chi connectivity index (χ0n) is 22.5. The van der Waals surface area contributed by atoms with E-state index in [0.29, 0.717) is 5.57 Å². The molecule has 6 aromatic rings. The van der Waals surface area contributed by atoms with Crippen LogP contribution in [0.1, 0.15) is 9.75 Å². The maximum atomic E-state index is 10.0. The number of nitriles is 2. The van der Waals surface area contributed by atoms with Gasteiger partial charge in [0.2, 0.25) is 0 Å². The fourth-order valence-electron chi connectivity index (χ4n) is 4.78. The van der Waals surface area contributed by atoms with Crippen LogP contribution in [0.25, 0.3) is 5.57 Å². The molecule has 6 heteroatoms. The minimum Gasteiger partial charge on any atom is -0.302 e. The number of nitrogens with zero attached hydrogens (tertiary/aromatic N) is 4. The van der Waals surface area contributed by atoms with Crippen LogP contribution in [0, 0.1) is 22.7 Å². The summed E-state index contributed by atoms with van der Waals surface area (Å²) in [6.07, 6.45) is 0. The van der Waals surface area contributed by atoms with Crippen LogP contribution in [0.4, 0.5) is 32.8 Å². The molecule has 0 radical (unpaired) electrons. The summed E-state index contributed by atoms with van der Waals surface area (Å²) < 4.78 is 0. The van der Waals surface area contributed by atoms with Gasteiger partial charge in [-0.05, 0) is 72.8 Å². The van der Waals surface area contributed by atoms with E-state index in [9.17, 15) is 10.5 Å². The van der Waals surface area contributed by atoms with Gasteiger partial charge in [-0.25, -0.2) is 0 Å². The lowest BCUT2D eigenvalue weighted by atomic mass is 10.1. The van der Waals surface area contributed by atoms with E-state index in [-0.39, 0.29) is 5.57 Å². The van der Waals surface area contributed by atoms with Crippen molar-refractivity contribution in [1.82, 2.24) is 0 Å². The second-order valence-corrected chi connectivity index (χ2v) is 11.4. The Hall–Kier alpha value is -5.40. The summed E-state index contributed by atoms with van der Waals surface area (Å²) in [5.74, 6) is 0. The van der Waals surface area contributed by atoms with Crippen molar-refractivity contribution in [3.05, 3.63) is 161 Å². The maximum Gasteiger partial charge on any atom is 0.139 e. The highest BCUT2D eigenvalue weighted by molar-refractivity contribution is 7.19. The van der Waals surface area contributed by atoms with E-state index in [0.717, 1.165) is 42.5 Å². The molecule has 0 aliphatic carbocycles. The maximum absolute atomic E-state index is 10.0. The molecule has 0 saturated carbocycles. The number of hydrogen-bond donors (Lipinski definition) is 0. The Morgan fingerprint density at radius 1 is 0.429 bits per heavy atom. The van der Waals surface area contributed by atoms with Gasteiger partial charge in [0.25, 0.3) is 0 Å². The van der Waals surface area contributed by atoms with Crippen LogP contribution in [0.5, 0.6) is 0 Å². The Morgan fingerprint density at radius 2 is 0.738 bits per heavy atom. The summed E-state index contributed by atoms with van der Waals surface area (Å²) in [7, 11) is 0. The molecule has 0 bridgehead atoms. The molecule has 42 heavy (non-hydrogen) atoms. The van der Waals surface area contributed by atoms with Crippen LogP contribution in [0.2, 0.25) is 0 Å². The Balaban J connectivity index is 1.45. The lowest BCUT2D eigenvalue weighted by Gasteiger charge is -2.23. The van der Waals surface area contributed by atoms with Crippen molar-refractivity contribution in [2.75, 3.05) is 9.80 Å². The molecule has 0 saturated heterocycles. The SMILES string of the molecule is N#CC(C#N)=C(c1ccc(N(c2ccccc2)c2ccccc2)s1)c1ccc(N(c2ccccc2)c2ccccc2)s1. The van der Waals surface area contributed by atoms with Gasteiger partial charge in [0.05, 0.1) is 0 Å². The van der Waals surface area contributed by atoms with Crippen molar-refractivity contribution in [3.8, 4) is 12.1 Å². The third-order valence-electron chi connectivity index (χ3n) is 6.65. The molecule has 0 fully saturated rings. The number of benzene rings is 4. The first-order valence-electron chi connectivity index (χ1n) is 13.3. The molecule has 2 aromatic heterocycles. The molecule has 4 aromatic carbocycles. The normalized spacial score (nSPS) is 10.3. The molecule has 0 amide bonds. The van der Waals surface area contributed by atoms with Crippen LogP contribution in [0.3, 0.4) is 0 Å². The summed E-state index contributed by atoms with van der Waals surface area (Å²) in [6, 6.07) is 53.2. The van der Waals surface area contributed by atoms with Crippen molar-refractivity contribution in [1.29, 1.82) is 10.5 Å². The first kappa shape index (κ1) is 26.8. The lowest BCUT2D eigenvalue weighted by Crippen LogP contribution is -2.07. The first-order chi connectivity index (χ1) is 20.8. The monoisotopic (exact) mass is 576 g/mol. The predicted molar refractivity (Wildman–Crippen MR) is 175 cm³/mol. The minimum atomic E-state index is 0.0914. The molecule has 0 aliphatic heterocycles. The number of anilines is 6. The molecule has 6 rings (SSSR count). The smallest absolute Gasteiger partial charge is 0.139 e. The van der Waals surface area contributed by atoms with Gasteiger partial charge >= 0.3 is 0 Å². The lowest BCUT2D eigenvalue weighted by molar-refractivity contribution is 1.32. The fourth-order valence-corrected chi connectivity index (χ4v) is 7.08. The quantitative estimate of drug-likeness (QED) is 0.169. The summed E-state index contributed by atoms with van der Waals surface area (Å²) in [5.41, 5.74) is 4.86. The molecule has 0 N–H and O–H groups in total. The van der Waals surface area contributed by atoms with Crippen LogP contribution in [0.15, 0.2) is 151 Å². The number of hydrogen-bond acceptors (Lipinski definition) is 6. The van der Waals surface area contributed by atoms with E-state index in [2.05, 4.69) is 82.6 Å². The van der Waals surface area contributed by atoms with Gasteiger partial charge < -0.3 is 9.80 Å². The molecular formula is C36H24N4S2. The van der Waals surface area contributed by atoms with Gasteiger partial charge in [-0.1, -0.05) is 72.8 Å². The van der Waals surface area contributed by atoms with Gasteiger partial charge in [0.15, 0.2) is 0 Å². The zero-order valence-corrected chi connectivity index (χ0v) is 24.1. The number of allylic oxidation sites excluding steroid dienone is 1. The first-order valence-corrected chi connectivity index (χ1v) is 15.0. The van der Waals surface area contributed by atoms with E-state index in [1.807, 2.05) is 84.9 Å². The second kappa shape index (κ2) is 12.4. The average molecular weight is 577 g/mol. The molecule has 200 valence electrons. The van der Waals surface area contributed by atoms with Crippen molar-refractivity contribution in [2.24, 2.45) is 0 Å². The Kier molecular flexibility index (Phi) is 7.92. The largest absolute Gasteiger partial charge is 0.302 e. The summed E-state index contributed by atoms with van der Waals surface area (Å²) >= 11 is 3.12. The zero-order chi connectivity index (χ0) is 28.7. The van der Waals surface area contributed by atoms with Crippen molar-refractivity contribution in [2.45, 2.75) is 0 Å². The second-order valence-electron chi connectivity index (χ2n) is 9.26. The number of para-hydroxylation sites is 4.